The number of aromatic amines is 1. The van der Waals surface area contributed by atoms with E-state index in [-0.39, 0.29) is 22.1 Å². The van der Waals surface area contributed by atoms with Gasteiger partial charge in [0.25, 0.3) is 21.7 Å². The highest BCUT2D eigenvalue weighted by atomic mass is 32.2. The van der Waals surface area contributed by atoms with Gasteiger partial charge in [0.2, 0.25) is 0 Å². The molecule has 0 radical (unpaired) electrons. The Hall–Kier alpha value is -2.49. The van der Waals surface area contributed by atoms with E-state index >= 15 is 0 Å². The summed E-state index contributed by atoms with van der Waals surface area (Å²) in [6.45, 7) is 3.10. The monoisotopic (exact) mass is 297 g/mol. The summed E-state index contributed by atoms with van der Waals surface area (Å²) in [4.78, 5) is 13.8. The summed E-state index contributed by atoms with van der Waals surface area (Å²) >= 11 is 0. The molecule has 2 N–H and O–H groups in total. The Morgan fingerprint density at radius 2 is 2.05 bits per heavy atom. The molecule has 0 saturated heterocycles. The number of rotatable bonds is 4. The molecule has 10 heteroatoms. The Balaban J connectivity index is 2.37. The van der Waals surface area contributed by atoms with Gasteiger partial charge in [-0.1, -0.05) is 0 Å². The fourth-order valence-corrected chi connectivity index (χ4v) is 2.78. The number of H-pyrrole nitrogens is 1. The summed E-state index contributed by atoms with van der Waals surface area (Å²) < 4.78 is 26.5. The van der Waals surface area contributed by atoms with Gasteiger partial charge in [-0.3, -0.25) is 15.2 Å². The number of nitro benzene ring substituents is 1. The molecule has 0 aliphatic heterocycles. The standard InChI is InChI=1S/C10H11N5O4S/c1-6-5-8(15(16)17)3-4-9(6)20(18,19)14-10-11-7(2)12-13-10/h3-5H,1-2H3,(H2,11,12,13,14). The van der Waals surface area contributed by atoms with Crippen LogP contribution in [0.4, 0.5) is 11.6 Å². The molecule has 0 atom stereocenters. The lowest BCUT2D eigenvalue weighted by atomic mass is 10.2. The number of aryl methyl sites for hydroxylation is 2. The molecule has 0 fully saturated rings. The van der Waals surface area contributed by atoms with Crippen molar-refractivity contribution in [1.29, 1.82) is 0 Å². The second kappa shape index (κ2) is 4.89. The quantitative estimate of drug-likeness (QED) is 0.642. The van der Waals surface area contributed by atoms with Crippen molar-refractivity contribution in [2.45, 2.75) is 18.7 Å². The van der Waals surface area contributed by atoms with Gasteiger partial charge in [-0.2, -0.15) is 4.98 Å². The summed E-state index contributed by atoms with van der Waals surface area (Å²) in [7, 11) is -3.89. The van der Waals surface area contributed by atoms with Crippen LogP contribution < -0.4 is 4.72 Å². The second-order valence-electron chi connectivity index (χ2n) is 4.06. The zero-order valence-electron chi connectivity index (χ0n) is 10.6. The molecule has 0 amide bonds. The Bertz CT molecular complexity index is 768. The molecule has 0 bridgehead atoms. The minimum atomic E-state index is -3.89. The van der Waals surface area contributed by atoms with Gasteiger partial charge in [-0.25, -0.2) is 13.1 Å². The summed E-state index contributed by atoms with van der Waals surface area (Å²) in [5.74, 6) is 0.378. The molecule has 20 heavy (non-hydrogen) atoms. The summed E-state index contributed by atoms with van der Waals surface area (Å²) in [5.41, 5.74) is 0.0918. The molecule has 1 heterocycles. The fraction of sp³-hybridized carbons (Fsp3) is 0.200. The Morgan fingerprint density at radius 1 is 1.35 bits per heavy atom. The largest absolute Gasteiger partial charge is 0.269 e. The smallest absolute Gasteiger partial charge is 0.261 e. The summed E-state index contributed by atoms with van der Waals surface area (Å²) in [6.07, 6.45) is 0. The maximum atomic E-state index is 12.1. The lowest BCUT2D eigenvalue weighted by Crippen LogP contribution is -2.15. The molecule has 0 aliphatic rings. The van der Waals surface area contributed by atoms with Crippen molar-refractivity contribution in [2.24, 2.45) is 0 Å². The van der Waals surface area contributed by atoms with Crippen molar-refractivity contribution in [1.82, 2.24) is 15.2 Å². The number of hydrogen-bond donors (Lipinski definition) is 2. The third-order valence-corrected chi connectivity index (χ3v) is 3.97. The van der Waals surface area contributed by atoms with Gasteiger partial charge >= 0.3 is 0 Å². The normalized spacial score (nSPS) is 11.3. The van der Waals surface area contributed by atoms with E-state index in [1.807, 2.05) is 0 Å². The predicted molar refractivity (Wildman–Crippen MR) is 69.8 cm³/mol. The van der Waals surface area contributed by atoms with Crippen LogP contribution >= 0.6 is 0 Å². The fourth-order valence-electron chi connectivity index (χ4n) is 1.61. The van der Waals surface area contributed by atoms with Crippen molar-refractivity contribution in [3.05, 3.63) is 39.7 Å². The molecule has 0 saturated carbocycles. The third-order valence-electron chi connectivity index (χ3n) is 2.48. The molecule has 1 aromatic heterocycles. The van der Waals surface area contributed by atoms with E-state index in [0.717, 1.165) is 6.07 Å². The lowest BCUT2D eigenvalue weighted by Gasteiger charge is -2.07. The lowest BCUT2D eigenvalue weighted by molar-refractivity contribution is -0.385. The second-order valence-corrected chi connectivity index (χ2v) is 5.71. The molecule has 0 spiro atoms. The summed E-state index contributed by atoms with van der Waals surface area (Å²) in [5, 5.41) is 16.8. The third kappa shape index (κ3) is 2.74. The average Bonchev–Trinajstić information content (AvgIpc) is 2.73. The molecule has 0 aliphatic carbocycles. The number of nitro groups is 1. The van der Waals surface area contributed by atoms with Crippen LogP contribution in [-0.4, -0.2) is 28.5 Å². The van der Waals surface area contributed by atoms with E-state index in [4.69, 9.17) is 0 Å². The minimum Gasteiger partial charge on any atom is -0.261 e. The van der Waals surface area contributed by atoms with Crippen LogP contribution in [0.15, 0.2) is 23.1 Å². The number of hydrogen-bond acceptors (Lipinski definition) is 6. The minimum absolute atomic E-state index is 0.0643. The first-order valence-corrected chi connectivity index (χ1v) is 6.95. The Labute approximate surface area is 114 Å². The van der Waals surface area contributed by atoms with E-state index in [1.165, 1.54) is 19.1 Å². The van der Waals surface area contributed by atoms with Gasteiger partial charge in [0, 0.05) is 12.1 Å². The molecule has 2 rings (SSSR count). The summed E-state index contributed by atoms with van der Waals surface area (Å²) in [6, 6.07) is 3.50. The first-order valence-electron chi connectivity index (χ1n) is 5.46. The zero-order valence-corrected chi connectivity index (χ0v) is 11.4. The van der Waals surface area contributed by atoms with Gasteiger partial charge in [-0.05, 0) is 25.5 Å². The molecule has 9 nitrogen and oxygen atoms in total. The highest BCUT2D eigenvalue weighted by Gasteiger charge is 2.20. The van der Waals surface area contributed by atoms with Gasteiger partial charge in [0.15, 0.2) is 0 Å². The van der Waals surface area contributed by atoms with Crippen LogP contribution in [0.3, 0.4) is 0 Å². The van der Waals surface area contributed by atoms with Crippen LogP contribution in [0.5, 0.6) is 0 Å². The van der Waals surface area contributed by atoms with Gasteiger partial charge in [-0.15, -0.1) is 5.10 Å². The van der Waals surface area contributed by atoms with Gasteiger partial charge in [0.05, 0.1) is 9.82 Å². The van der Waals surface area contributed by atoms with Crippen molar-refractivity contribution in [2.75, 3.05) is 4.72 Å². The number of benzene rings is 1. The number of sulfonamides is 1. The number of non-ortho nitro benzene ring substituents is 1. The molecular weight excluding hydrogens is 286 g/mol. The topological polar surface area (TPSA) is 131 Å². The predicted octanol–water partition coefficient (Wildman–Crippen LogP) is 1.13. The van der Waals surface area contributed by atoms with Crippen molar-refractivity contribution in [3.63, 3.8) is 0 Å². The van der Waals surface area contributed by atoms with E-state index in [1.54, 1.807) is 6.92 Å². The van der Waals surface area contributed by atoms with Crippen molar-refractivity contribution >= 4 is 21.7 Å². The first-order chi connectivity index (χ1) is 9.29. The molecule has 1 aromatic carbocycles. The van der Waals surface area contributed by atoms with Crippen molar-refractivity contribution < 1.29 is 13.3 Å². The number of nitrogens with zero attached hydrogens (tertiary/aromatic N) is 3. The number of aromatic nitrogens is 3. The molecular formula is C10H11N5O4S. The molecule has 106 valence electrons. The van der Waals surface area contributed by atoms with E-state index < -0.39 is 14.9 Å². The first kappa shape index (κ1) is 13.9. The van der Waals surface area contributed by atoms with Crippen LogP contribution in [0, 0.1) is 24.0 Å². The van der Waals surface area contributed by atoms with Gasteiger partial charge < -0.3 is 0 Å². The SMILES string of the molecule is Cc1nc(NS(=O)(=O)c2ccc([N+](=O)[O-])cc2C)n[nH]1. The highest BCUT2D eigenvalue weighted by Crippen LogP contribution is 2.22. The Morgan fingerprint density at radius 3 is 2.55 bits per heavy atom. The number of anilines is 1. The van der Waals surface area contributed by atoms with Crippen LogP contribution in [-0.2, 0) is 10.0 Å². The van der Waals surface area contributed by atoms with Crippen molar-refractivity contribution in [3.8, 4) is 0 Å². The van der Waals surface area contributed by atoms with Gasteiger partial charge in [0.1, 0.15) is 5.82 Å². The maximum Gasteiger partial charge on any atom is 0.269 e. The highest BCUT2D eigenvalue weighted by molar-refractivity contribution is 7.92. The maximum absolute atomic E-state index is 12.1. The van der Waals surface area contributed by atoms with Crippen LogP contribution in [0.2, 0.25) is 0 Å². The Kier molecular flexibility index (Phi) is 3.40. The van der Waals surface area contributed by atoms with Crippen LogP contribution in [0.1, 0.15) is 11.4 Å². The zero-order chi connectivity index (χ0) is 14.9. The van der Waals surface area contributed by atoms with E-state index in [9.17, 15) is 18.5 Å². The molecule has 0 unspecified atom stereocenters. The van der Waals surface area contributed by atoms with Crippen LogP contribution in [0.25, 0.3) is 0 Å². The number of nitrogens with one attached hydrogen (secondary N) is 2. The van der Waals surface area contributed by atoms with E-state index in [2.05, 4.69) is 19.9 Å². The van der Waals surface area contributed by atoms with E-state index in [0.29, 0.717) is 5.82 Å². The molecule has 2 aromatic rings. The average molecular weight is 297 g/mol.